The van der Waals surface area contributed by atoms with E-state index in [4.69, 9.17) is 0 Å². The molecule has 1 aromatic carbocycles. The summed E-state index contributed by atoms with van der Waals surface area (Å²) in [5.41, 5.74) is 2.90. The first-order valence-corrected chi connectivity index (χ1v) is 7.72. The number of benzene rings is 1. The molecule has 0 bridgehead atoms. The molecule has 0 saturated heterocycles. The molecule has 0 amide bonds. The Morgan fingerprint density at radius 1 is 1.21 bits per heavy atom. The van der Waals surface area contributed by atoms with Crippen molar-refractivity contribution in [1.82, 2.24) is 4.98 Å². The predicted octanol–water partition coefficient (Wildman–Crippen LogP) is 3.80. The van der Waals surface area contributed by atoms with E-state index in [1.807, 2.05) is 17.8 Å². The van der Waals surface area contributed by atoms with Crippen LogP contribution in [0.4, 0.5) is 0 Å². The number of hydrogen-bond donors (Lipinski definition) is 1. The van der Waals surface area contributed by atoms with Crippen LogP contribution in [0.1, 0.15) is 37.1 Å². The molecule has 0 spiro atoms. The number of aliphatic hydroxyl groups excluding tert-OH is 1. The van der Waals surface area contributed by atoms with Crippen molar-refractivity contribution in [1.29, 1.82) is 0 Å². The lowest BCUT2D eigenvalue weighted by Gasteiger charge is -2.37. The van der Waals surface area contributed by atoms with Crippen LogP contribution < -0.4 is 0 Å². The van der Waals surface area contributed by atoms with Crippen molar-refractivity contribution in [3.63, 3.8) is 0 Å². The maximum absolute atomic E-state index is 10.8. The molecule has 0 fully saturated rings. The Bertz CT molecular complexity index is 477. The molecule has 0 aliphatic heterocycles. The van der Waals surface area contributed by atoms with E-state index >= 15 is 0 Å². The molecule has 3 heteroatoms. The second-order valence-electron chi connectivity index (χ2n) is 4.92. The fraction of sp³-hybridized carbons (Fsp3) is 0.438. The van der Waals surface area contributed by atoms with Gasteiger partial charge in [0, 0.05) is 22.9 Å². The molecule has 0 radical (unpaired) electrons. The summed E-state index contributed by atoms with van der Waals surface area (Å²) in [5.74, 6) is 0. The molecule has 1 N–H and O–H groups in total. The highest BCUT2D eigenvalue weighted by molar-refractivity contribution is 7.09. The average Bonchev–Trinajstić information content (AvgIpc) is 2.95. The molecule has 1 aromatic heterocycles. The third-order valence-electron chi connectivity index (χ3n) is 4.13. The Kier molecular flexibility index (Phi) is 4.72. The number of thiazole rings is 1. The van der Waals surface area contributed by atoms with Gasteiger partial charge in [-0.1, -0.05) is 44.2 Å². The first-order chi connectivity index (χ1) is 9.23. The summed E-state index contributed by atoms with van der Waals surface area (Å²) in [4.78, 5) is 5.24. The Morgan fingerprint density at radius 3 is 2.42 bits per heavy atom. The topological polar surface area (TPSA) is 33.1 Å². The summed E-state index contributed by atoms with van der Waals surface area (Å²) in [7, 11) is 0. The van der Waals surface area contributed by atoms with Crippen molar-refractivity contribution in [3.8, 4) is 0 Å². The zero-order valence-electron chi connectivity index (χ0n) is 11.5. The van der Waals surface area contributed by atoms with Crippen molar-refractivity contribution in [2.75, 3.05) is 0 Å². The van der Waals surface area contributed by atoms with Gasteiger partial charge in [-0.25, -0.2) is 0 Å². The standard InChI is InChI=1S/C16H21NOS/c1-3-16(4-2,13-8-6-5-7-9-13)15(18)10-14-11-17-12-19-14/h5-9,11-12,15,18H,3-4,10H2,1-2H3. The summed E-state index contributed by atoms with van der Waals surface area (Å²) >= 11 is 1.61. The van der Waals surface area contributed by atoms with Gasteiger partial charge in [0.25, 0.3) is 0 Å². The number of rotatable bonds is 6. The van der Waals surface area contributed by atoms with Gasteiger partial charge in [0.1, 0.15) is 0 Å². The van der Waals surface area contributed by atoms with Gasteiger partial charge in [-0.3, -0.25) is 4.98 Å². The van der Waals surface area contributed by atoms with E-state index in [0.29, 0.717) is 6.42 Å². The third-order valence-corrected chi connectivity index (χ3v) is 4.93. The fourth-order valence-electron chi connectivity index (χ4n) is 2.82. The van der Waals surface area contributed by atoms with E-state index in [2.05, 4.69) is 43.1 Å². The van der Waals surface area contributed by atoms with Crippen LogP contribution in [-0.4, -0.2) is 16.2 Å². The van der Waals surface area contributed by atoms with Crippen LogP contribution in [0.2, 0.25) is 0 Å². The zero-order chi connectivity index (χ0) is 13.7. The van der Waals surface area contributed by atoms with E-state index in [-0.39, 0.29) is 11.5 Å². The SMILES string of the molecule is CCC(CC)(c1ccccc1)C(O)Cc1cncs1. The van der Waals surface area contributed by atoms with Crippen molar-refractivity contribution in [3.05, 3.63) is 52.5 Å². The smallest absolute Gasteiger partial charge is 0.0794 e. The van der Waals surface area contributed by atoms with Gasteiger partial charge in [0.05, 0.1) is 11.6 Å². The van der Waals surface area contributed by atoms with E-state index in [1.165, 1.54) is 5.56 Å². The minimum atomic E-state index is -0.370. The maximum atomic E-state index is 10.8. The van der Waals surface area contributed by atoms with E-state index < -0.39 is 0 Å². The zero-order valence-corrected chi connectivity index (χ0v) is 12.4. The molecular weight excluding hydrogens is 254 g/mol. The highest BCUT2D eigenvalue weighted by Gasteiger charge is 2.36. The molecule has 1 atom stereocenters. The van der Waals surface area contributed by atoms with Gasteiger partial charge in [-0.2, -0.15) is 0 Å². The van der Waals surface area contributed by atoms with Crippen LogP contribution >= 0.6 is 11.3 Å². The van der Waals surface area contributed by atoms with Gasteiger partial charge < -0.3 is 5.11 Å². The van der Waals surface area contributed by atoms with Crippen LogP contribution in [0.3, 0.4) is 0 Å². The van der Waals surface area contributed by atoms with Gasteiger partial charge in [0.15, 0.2) is 0 Å². The Labute approximate surface area is 119 Å². The molecule has 1 heterocycles. The summed E-state index contributed by atoms with van der Waals surface area (Å²) in [6, 6.07) is 10.4. The van der Waals surface area contributed by atoms with Crippen LogP contribution in [0.5, 0.6) is 0 Å². The van der Waals surface area contributed by atoms with Gasteiger partial charge in [-0.05, 0) is 18.4 Å². The van der Waals surface area contributed by atoms with Crippen LogP contribution in [0.25, 0.3) is 0 Å². The maximum Gasteiger partial charge on any atom is 0.0794 e. The normalized spacial score (nSPS) is 13.4. The van der Waals surface area contributed by atoms with Gasteiger partial charge >= 0.3 is 0 Å². The van der Waals surface area contributed by atoms with Crippen LogP contribution in [0, 0.1) is 0 Å². The Hall–Kier alpha value is -1.19. The molecule has 1 unspecified atom stereocenters. The van der Waals surface area contributed by atoms with E-state index in [9.17, 15) is 5.11 Å². The second kappa shape index (κ2) is 6.31. The largest absolute Gasteiger partial charge is 0.392 e. The van der Waals surface area contributed by atoms with Crippen LogP contribution in [-0.2, 0) is 11.8 Å². The summed E-state index contributed by atoms with van der Waals surface area (Å²) in [6.07, 6.45) is 4.04. The molecule has 102 valence electrons. The number of hydrogen-bond acceptors (Lipinski definition) is 3. The Morgan fingerprint density at radius 2 is 1.89 bits per heavy atom. The number of nitrogens with zero attached hydrogens (tertiary/aromatic N) is 1. The molecule has 2 aromatic rings. The lowest BCUT2D eigenvalue weighted by Crippen LogP contribution is -2.40. The molecular formula is C16H21NOS. The quantitative estimate of drug-likeness (QED) is 0.869. The molecule has 2 nitrogen and oxygen atoms in total. The lowest BCUT2D eigenvalue weighted by atomic mass is 9.70. The molecule has 0 saturated carbocycles. The van der Waals surface area contributed by atoms with Gasteiger partial charge in [-0.15, -0.1) is 11.3 Å². The van der Waals surface area contributed by atoms with Crippen molar-refractivity contribution < 1.29 is 5.11 Å². The Balaban J connectivity index is 2.28. The molecule has 0 aliphatic carbocycles. The minimum absolute atomic E-state index is 0.161. The first kappa shape index (κ1) is 14.2. The molecule has 0 aliphatic rings. The summed E-state index contributed by atoms with van der Waals surface area (Å²) < 4.78 is 0. The molecule has 19 heavy (non-hydrogen) atoms. The summed E-state index contributed by atoms with van der Waals surface area (Å²) in [6.45, 7) is 4.32. The highest BCUT2D eigenvalue weighted by atomic mass is 32.1. The predicted molar refractivity (Wildman–Crippen MR) is 80.5 cm³/mol. The van der Waals surface area contributed by atoms with Crippen molar-refractivity contribution in [2.45, 2.75) is 44.6 Å². The van der Waals surface area contributed by atoms with E-state index in [0.717, 1.165) is 17.7 Å². The summed E-state index contributed by atoms with van der Waals surface area (Å²) in [5, 5.41) is 10.8. The van der Waals surface area contributed by atoms with Crippen molar-refractivity contribution in [2.24, 2.45) is 0 Å². The average molecular weight is 275 g/mol. The number of aliphatic hydroxyl groups is 1. The third kappa shape index (κ3) is 2.88. The number of aromatic nitrogens is 1. The lowest BCUT2D eigenvalue weighted by molar-refractivity contribution is 0.0740. The first-order valence-electron chi connectivity index (χ1n) is 6.84. The fourth-order valence-corrected chi connectivity index (χ4v) is 3.45. The monoisotopic (exact) mass is 275 g/mol. The highest BCUT2D eigenvalue weighted by Crippen LogP contribution is 2.36. The van der Waals surface area contributed by atoms with Crippen LogP contribution in [0.15, 0.2) is 42.0 Å². The van der Waals surface area contributed by atoms with Gasteiger partial charge in [0.2, 0.25) is 0 Å². The van der Waals surface area contributed by atoms with Crippen molar-refractivity contribution >= 4 is 11.3 Å². The minimum Gasteiger partial charge on any atom is -0.392 e. The second-order valence-corrected chi connectivity index (χ2v) is 5.89. The van der Waals surface area contributed by atoms with E-state index in [1.54, 1.807) is 11.3 Å². The molecule has 2 rings (SSSR count).